The van der Waals surface area contributed by atoms with E-state index in [1.165, 1.54) is 17.0 Å². The molecule has 1 N–H and O–H groups in total. The van der Waals surface area contributed by atoms with Gasteiger partial charge in [-0.1, -0.05) is 55.3 Å². The fourth-order valence-corrected chi connectivity index (χ4v) is 3.27. The molecule has 2 rings (SSSR count). The SMILES string of the molecule is CCCCNC(=O)[C@@H](C)N(Cc1ccccc1C)C(=O)Cc1c(F)cccc1Cl. The minimum Gasteiger partial charge on any atom is -0.354 e. The van der Waals surface area contributed by atoms with Crippen molar-refractivity contribution in [3.05, 3.63) is 70.0 Å². The predicted octanol–water partition coefficient (Wildman–Crippen LogP) is 4.66. The lowest BCUT2D eigenvalue weighted by molar-refractivity contribution is -0.140. The molecule has 0 heterocycles. The third-order valence-corrected chi connectivity index (χ3v) is 5.34. The Morgan fingerprint density at radius 1 is 1.17 bits per heavy atom. The Hall–Kier alpha value is -2.40. The number of amides is 2. The second kappa shape index (κ2) is 11.0. The number of carbonyl (C=O) groups is 2. The summed E-state index contributed by atoms with van der Waals surface area (Å²) < 4.78 is 14.2. The molecule has 0 spiro atoms. The van der Waals surface area contributed by atoms with Crippen molar-refractivity contribution < 1.29 is 14.0 Å². The van der Waals surface area contributed by atoms with E-state index >= 15 is 0 Å². The average Bonchev–Trinajstić information content (AvgIpc) is 2.69. The third-order valence-electron chi connectivity index (χ3n) is 4.99. The number of rotatable bonds is 9. The van der Waals surface area contributed by atoms with E-state index in [0.29, 0.717) is 6.54 Å². The molecule has 0 aliphatic heterocycles. The van der Waals surface area contributed by atoms with Crippen LogP contribution in [0.5, 0.6) is 0 Å². The fourth-order valence-electron chi connectivity index (χ4n) is 3.04. The van der Waals surface area contributed by atoms with Gasteiger partial charge in [0, 0.05) is 23.7 Å². The highest BCUT2D eigenvalue weighted by Gasteiger charge is 2.27. The van der Waals surface area contributed by atoms with Gasteiger partial charge in [0.15, 0.2) is 0 Å². The van der Waals surface area contributed by atoms with E-state index in [-0.39, 0.29) is 35.4 Å². The Balaban J connectivity index is 2.26. The Labute approximate surface area is 177 Å². The largest absolute Gasteiger partial charge is 0.354 e. The van der Waals surface area contributed by atoms with Crippen molar-refractivity contribution >= 4 is 23.4 Å². The van der Waals surface area contributed by atoms with Crippen molar-refractivity contribution in [2.45, 2.75) is 52.6 Å². The minimum absolute atomic E-state index is 0.146. The zero-order chi connectivity index (χ0) is 21.4. The molecule has 2 aromatic carbocycles. The van der Waals surface area contributed by atoms with Gasteiger partial charge in [0.25, 0.3) is 0 Å². The summed E-state index contributed by atoms with van der Waals surface area (Å²) in [6, 6.07) is 11.3. The molecule has 0 saturated carbocycles. The van der Waals surface area contributed by atoms with E-state index in [9.17, 15) is 14.0 Å². The van der Waals surface area contributed by atoms with E-state index in [1.807, 2.05) is 38.1 Å². The number of hydrogen-bond acceptors (Lipinski definition) is 2. The first-order valence-electron chi connectivity index (χ1n) is 9.89. The maximum atomic E-state index is 14.2. The number of unbranched alkanes of at least 4 members (excludes halogenated alkanes) is 1. The first-order chi connectivity index (χ1) is 13.8. The number of halogens is 2. The van der Waals surface area contributed by atoms with Crippen LogP contribution in [0.2, 0.25) is 5.02 Å². The van der Waals surface area contributed by atoms with Crippen LogP contribution in [0.15, 0.2) is 42.5 Å². The van der Waals surface area contributed by atoms with Gasteiger partial charge >= 0.3 is 0 Å². The molecular weight excluding hydrogens is 391 g/mol. The molecule has 0 radical (unpaired) electrons. The van der Waals surface area contributed by atoms with Crippen molar-refractivity contribution in [1.29, 1.82) is 0 Å². The topological polar surface area (TPSA) is 49.4 Å². The van der Waals surface area contributed by atoms with Crippen LogP contribution in [0.4, 0.5) is 4.39 Å². The van der Waals surface area contributed by atoms with Crippen LogP contribution in [0.25, 0.3) is 0 Å². The van der Waals surface area contributed by atoms with Gasteiger partial charge in [0.05, 0.1) is 6.42 Å². The van der Waals surface area contributed by atoms with Crippen LogP contribution < -0.4 is 5.32 Å². The van der Waals surface area contributed by atoms with Crippen molar-refractivity contribution in [1.82, 2.24) is 10.2 Å². The summed E-state index contributed by atoms with van der Waals surface area (Å²) in [6.07, 6.45) is 1.63. The molecule has 2 amide bonds. The molecule has 0 fully saturated rings. The smallest absolute Gasteiger partial charge is 0.242 e. The standard InChI is InChI=1S/C23H28ClFN2O2/c1-4-5-13-26-23(29)17(3)27(15-18-10-7-6-9-16(18)2)22(28)14-19-20(24)11-8-12-21(19)25/h6-12,17H,4-5,13-15H2,1-3H3,(H,26,29)/t17-/m1/s1. The third kappa shape index (κ3) is 6.29. The molecule has 0 unspecified atom stereocenters. The van der Waals surface area contributed by atoms with E-state index in [2.05, 4.69) is 5.32 Å². The molecule has 156 valence electrons. The normalized spacial score (nSPS) is 11.8. The second-order valence-corrected chi connectivity index (χ2v) is 7.55. The summed E-state index contributed by atoms with van der Waals surface area (Å²) in [5.74, 6) is -1.10. The molecule has 0 aromatic heterocycles. The molecule has 4 nitrogen and oxygen atoms in total. The van der Waals surface area contributed by atoms with Gasteiger partial charge in [-0.3, -0.25) is 9.59 Å². The molecule has 2 aromatic rings. The van der Waals surface area contributed by atoms with E-state index in [4.69, 9.17) is 11.6 Å². The van der Waals surface area contributed by atoms with E-state index in [1.54, 1.807) is 13.0 Å². The van der Waals surface area contributed by atoms with Crippen molar-refractivity contribution in [2.24, 2.45) is 0 Å². The summed E-state index contributed by atoms with van der Waals surface area (Å²) in [6.45, 7) is 6.52. The van der Waals surface area contributed by atoms with Crippen molar-refractivity contribution in [3.8, 4) is 0 Å². The van der Waals surface area contributed by atoms with Gasteiger partial charge in [0.1, 0.15) is 11.9 Å². The van der Waals surface area contributed by atoms with Crippen molar-refractivity contribution in [2.75, 3.05) is 6.54 Å². The summed E-state index contributed by atoms with van der Waals surface area (Å²) in [5.41, 5.74) is 2.11. The van der Waals surface area contributed by atoms with Crippen LogP contribution in [-0.2, 0) is 22.6 Å². The summed E-state index contributed by atoms with van der Waals surface area (Å²) in [5, 5.41) is 3.08. The van der Waals surface area contributed by atoms with E-state index in [0.717, 1.165) is 24.0 Å². The zero-order valence-electron chi connectivity index (χ0n) is 17.2. The lowest BCUT2D eigenvalue weighted by Crippen LogP contribution is -2.48. The monoisotopic (exact) mass is 418 g/mol. The highest BCUT2D eigenvalue weighted by Crippen LogP contribution is 2.22. The van der Waals surface area contributed by atoms with Gasteiger partial charge in [0.2, 0.25) is 11.8 Å². The number of benzene rings is 2. The van der Waals surface area contributed by atoms with Crippen molar-refractivity contribution in [3.63, 3.8) is 0 Å². The number of nitrogens with zero attached hydrogens (tertiary/aromatic N) is 1. The Bertz CT molecular complexity index is 836. The lowest BCUT2D eigenvalue weighted by atomic mass is 10.1. The van der Waals surface area contributed by atoms with Gasteiger partial charge in [-0.2, -0.15) is 0 Å². The molecule has 29 heavy (non-hydrogen) atoms. The Kier molecular flexibility index (Phi) is 8.65. The van der Waals surface area contributed by atoms with Crippen LogP contribution in [0.3, 0.4) is 0 Å². The fraction of sp³-hybridized carbons (Fsp3) is 0.391. The Morgan fingerprint density at radius 2 is 1.90 bits per heavy atom. The highest BCUT2D eigenvalue weighted by molar-refractivity contribution is 6.31. The molecule has 0 aliphatic carbocycles. The van der Waals surface area contributed by atoms with Gasteiger partial charge in [-0.05, 0) is 43.5 Å². The highest BCUT2D eigenvalue weighted by atomic mass is 35.5. The number of carbonyl (C=O) groups excluding carboxylic acids is 2. The summed E-state index contributed by atoms with van der Waals surface area (Å²) in [7, 11) is 0. The van der Waals surface area contributed by atoms with E-state index < -0.39 is 11.9 Å². The van der Waals surface area contributed by atoms with Crippen LogP contribution >= 0.6 is 11.6 Å². The molecule has 0 bridgehead atoms. The summed E-state index contributed by atoms with van der Waals surface area (Å²) in [4.78, 5) is 27.2. The number of hydrogen-bond donors (Lipinski definition) is 1. The molecule has 1 atom stereocenters. The van der Waals surface area contributed by atoms with Gasteiger partial charge < -0.3 is 10.2 Å². The molecule has 0 saturated heterocycles. The number of nitrogens with one attached hydrogen (secondary N) is 1. The van der Waals surface area contributed by atoms with Gasteiger partial charge in [-0.15, -0.1) is 0 Å². The molecular formula is C23H28ClFN2O2. The summed E-state index contributed by atoms with van der Waals surface area (Å²) >= 11 is 6.10. The molecule has 6 heteroatoms. The lowest BCUT2D eigenvalue weighted by Gasteiger charge is -2.29. The van der Waals surface area contributed by atoms with Crippen LogP contribution in [-0.4, -0.2) is 29.3 Å². The first-order valence-corrected chi connectivity index (χ1v) is 10.3. The average molecular weight is 419 g/mol. The first kappa shape index (κ1) is 22.9. The second-order valence-electron chi connectivity index (χ2n) is 7.15. The molecule has 0 aliphatic rings. The van der Waals surface area contributed by atoms with Crippen LogP contribution in [0, 0.1) is 12.7 Å². The maximum Gasteiger partial charge on any atom is 0.242 e. The Morgan fingerprint density at radius 3 is 2.55 bits per heavy atom. The zero-order valence-corrected chi connectivity index (χ0v) is 17.9. The van der Waals surface area contributed by atoms with Crippen LogP contribution in [0.1, 0.15) is 43.4 Å². The van der Waals surface area contributed by atoms with Gasteiger partial charge in [-0.25, -0.2) is 4.39 Å². The maximum absolute atomic E-state index is 14.2. The predicted molar refractivity (Wildman–Crippen MR) is 114 cm³/mol. The quantitative estimate of drug-likeness (QED) is 0.602. The number of aryl methyl sites for hydroxylation is 1. The minimum atomic E-state index is -0.690.